The Labute approximate surface area is 110 Å². The van der Waals surface area contributed by atoms with Crippen LogP contribution in [0.2, 0.25) is 0 Å². The molecular formula is C13H27NO4. The normalized spacial score (nSPS) is 10.8. The van der Waals surface area contributed by atoms with Gasteiger partial charge < -0.3 is 24.7 Å². The second kappa shape index (κ2) is 14.6. The van der Waals surface area contributed by atoms with Gasteiger partial charge >= 0.3 is 0 Å². The molecule has 0 aliphatic carbocycles. The van der Waals surface area contributed by atoms with E-state index in [1.54, 1.807) is 6.92 Å². The van der Waals surface area contributed by atoms with Gasteiger partial charge in [0.15, 0.2) is 0 Å². The quantitative estimate of drug-likeness (QED) is 0.475. The number of carbonyl (C=O) groups is 1. The Bertz CT molecular complexity index is 188. The summed E-state index contributed by atoms with van der Waals surface area (Å²) in [7, 11) is 0. The number of ketones is 1. The highest BCUT2D eigenvalue weighted by Crippen LogP contribution is 1.96. The van der Waals surface area contributed by atoms with Crippen LogP contribution in [0.5, 0.6) is 0 Å². The summed E-state index contributed by atoms with van der Waals surface area (Å²) in [5.41, 5.74) is 5.33. The molecule has 0 aromatic heterocycles. The second-order valence-electron chi connectivity index (χ2n) is 4.14. The molecule has 0 fully saturated rings. The maximum Gasteiger partial charge on any atom is 0.129 e. The van der Waals surface area contributed by atoms with E-state index in [-0.39, 0.29) is 5.78 Å². The average molecular weight is 261 g/mol. The van der Waals surface area contributed by atoms with E-state index in [1.807, 2.05) is 0 Å². The molecule has 0 unspecified atom stereocenters. The average Bonchev–Trinajstić information content (AvgIpc) is 2.34. The van der Waals surface area contributed by atoms with E-state index < -0.39 is 0 Å². The van der Waals surface area contributed by atoms with E-state index in [0.717, 1.165) is 19.3 Å². The Morgan fingerprint density at radius 1 is 0.833 bits per heavy atom. The first kappa shape index (κ1) is 17.5. The Balaban J connectivity index is 2.92. The SMILES string of the molecule is CC(=O)CCCCOCCOCCOCCCN. The molecule has 0 spiro atoms. The van der Waals surface area contributed by atoms with Crippen molar-refractivity contribution in [1.29, 1.82) is 0 Å². The first-order chi connectivity index (χ1) is 8.77. The van der Waals surface area contributed by atoms with Gasteiger partial charge in [0.1, 0.15) is 5.78 Å². The summed E-state index contributed by atoms with van der Waals surface area (Å²) >= 11 is 0. The number of rotatable bonds is 14. The number of hydrogen-bond donors (Lipinski definition) is 1. The number of ether oxygens (including phenoxy) is 3. The summed E-state index contributed by atoms with van der Waals surface area (Å²) in [6, 6.07) is 0. The summed E-state index contributed by atoms with van der Waals surface area (Å²) in [6.07, 6.45) is 3.39. The largest absolute Gasteiger partial charge is 0.379 e. The highest BCUT2D eigenvalue weighted by atomic mass is 16.5. The van der Waals surface area contributed by atoms with Gasteiger partial charge in [-0.05, 0) is 32.7 Å². The fourth-order valence-electron chi connectivity index (χ4n) is 1.31. The van der Waals surface area contributed by atoms with Crippen LogP contribution >= 0.6 is 0 Å². The molecule has 0 atom stereocenters. The first-order valence-electron chi connectivity index (χ1n) is 6.70. The number of nitrogens with two attached hydrogens (primary N) is 1. The molecule has 108 valence electrons. The number of hydrogen-bond acceptors (Lipinski definition) is 5. The molecule has 0 bridgehead atoms. The molecule has 5 heteroatoms. The third-order valence-electron chi connectivity index (χ3n) is 2.30. The van der Waals surface area contributed by atoms with Crippen molar-refractivity contribution in [3.05, 3.63) is 0 Å². The Kier molecular flexibility index (Phi) is 14.2. The predicted octanol–water partition coefficient (Wildman–Crippen LogP) is 1.14. The minimum atomic E-state index is 0.243. The summed E-state index contributed by atoms with van der Waals surface area (Å²) in [5, 5.41) is 0. The zero-order valence-corrected chi connectivity index (χ0v) is 11.5. The van der Waals surface area contributed by atoms with Gasteiger partial charge in [-0.3, -0.25) is 0 Å². The van der Waals surface area contributed by atoms with Crippen molar-refractivity contribution in [3.63, 3.8) is 0 Å². The second-order valence-corrected chi connectivity index (χ2v) is 4.14. The van der Waals surface area contributed by atoms with Crippen LogP contribution in [0.3, 0.4) is 0 Å². The first-order valence-corrected chi connectivity index (χ1v) is 6.70. The lowest BCUT2D eigenvalue weighted by atomic mass is 10.2. The smallest absolute Gasteiger partial charge is 0.129 e. The standard InChI is InChI=1S/C13H27NO4/c1-13(15)5-2-3-7-16-9-11-18-12-10-17-8-4-6-14/h2-12,14H2,1H3. The van der Waals surface area contributed by atoms with E-state index in [2.05, 4.69) is 0 Å². The van der Waals surface area contributed by atoms with Crippen LogP contribution in [-0.4, -0.2) is 52.0 Å². The van der Waals surface area contributed by atoms with E-state index in [9.17, 15) is 4.79 Å². The molecular weight excluding hydrogens is 234 g/mol. The molecule has 0 saturated heterocycles. The summed E-state index contributed by atoms with van der Waals surface area (Å²) in [4.78, 5) is 10.7. The molecule has 0 aliphatic heterocycles. The molecule has 0 rings (SSSR count). The Morgan fingerprint density at radius 3 is 1.83 bits per heavy atom. The fraction of sp³-hybridized carbons (Fsp3) is 0.923. The zero-order chi connectivity index (χ0) is 13.5. The summed E-state index contributed by atoms with van der Waals surface area (Å²) < 4.78 is 16.0. The third-order valence-corrected chi connectivity index (χ3v) is 2.30. The van der Waals surface area contributed by atoms with E-state index in [4.69, 9.17) is 19.9 Å². The molecule has 0 radical (unpaired) electrons. The highest BCUT2D eigenvalue weighted by Gasteiger charge is 1.94. The Hall–Kier alpha value is -0.490. The van der Waals surface area contributed by atoms with Crippen molar-refractivity contribution in [1.82, 2.24) is 0 Å². The third kappa shape index (κ3) is 15.5. The van der Waals surface area contributed by atoms with Gasteiger partial charge in [-0.25, -0.2) is 0 Å². The maximum absolute atomic E-state index is 10.7. The molecule has 5 nitrogen and oxygen atoms in total. The van der Waals surface area contributed by atoms with Crippen molar-refractivity contribution < 1.29 is 19.0 Å². The van der Waals surface area contributed by atoms with Crippen LogP contribution in [-0.2, 0) is 19.0 Å². The van der Waals surface area contributed by atoms with E-state index >= 15 is 0 Å². The molecule has 18 heavy (non-hydrogen) atoms. The van der Waals surface area contributed by atoms with Crippen molar-refractivity contribution in [2.75, 3.05) is 46.2 Å². The lowest BCUT2D eigenvalue weighted by molar-refractivity contribution is -0.117. The van der Waals surface area contributed by atoms with Gasteiger partial charge in [-0.2, -0.15) is 0 Å². The summed E-state index contributed by atoms with van der Waals surface area (Å²) in [6.45, 7) is 6.07. The topological polar surface area (TPSA) is 70.8 Å². The van der Waals surface area contributed by atoms with Gasteiger partial charge in [0, 0.05) is 19.6 Å². The molecule has 0 saturated carbocycles. The monoisotopic (exact) mass is 261 g/mol. The van der Waals surface area contributed by atoms with E-state index in [1.165, 1.54) is 0 Å². The number of carbonyl (C=O) groups excluding carboxylic acids is 1. The van der Waals surface area contributed by atoms with Crippen molar-refractivity contribution >= 4 is 5.78 Å². The molecule has 2 N–H and O–H groups in total. The molecule has 0 aromatic rings. The van der Waals surface area contributed by atoms with Gasteiger partial charge in [0.2, 0.25) is 0 Å². The zero-order valence-electron chi connectivity index (χ0n) is 11.5. The van der Waals surface area contributed by atoms with Crippen LogP contribution in [0.25, 0.3) is 0 Å². The number of unbranched alkanes of at least 4 members (excludes halogenated alkanes) is 1. The van der Waals surface area contributed by atoms with Crippen molar-refractivity contribution in [2.45, 2.75) is 32.6 Å². The summed E-state index contributed by atoms with van der Waals surface area (Å²) in [5.74, 6) is 0.243. The van der Waals surface area contributed by atoms with Crippen LogP contribution < -0.4 is 5.73 Å². The van der Waals surface area contributed by atoms with Gasteiger partial charge in [0.05, 0.1) is 26.4 Å². The van der Waals surface area contributed by atoms with Crippen LogP contribution in [0.15, 0.2) is 0 Å². The lowest BCUT2D eigenvalue weighted by Crippen LogP contribution is -2.11. The van der Waals surface area contributed by atoms with Crippen molar-refractivity contribution in [3.8, 4) is 0 Å². The fourth-order valence-corrected chi connectivity index (χ4v) is 1.31. The number of Topliss-reactive ketones (excluding diaryl/α,β-unsaturated/α-hetero) is 1. The highest BCUT2D eigenvalue weighted by molar-refractivity contribution is 5.75. The molecule has 0 heterocycles. The predicted molar refractivity (Wildman–Crippen MR) is 70.7 cm³/mol. The minimum absolute atomic E-state index is 0.243. The lowest BCUT2D eigenvalue weighted by Gasteiger charge is -2.06. The van der Waals surface area contributed by atoms with Gasteiger partial charge in [-0.15, -0.1) is 0 Å². The van der Waals surface area contributed by atoms with Crippen LogP contribution in [0, 0.1) is 0 Å². The molecule has 0 aliphatic rings. The molecule has 0 amide bonds. The Morgan fingerprint density at radius 2 is 1.33 bits per heavy atom. The van der Waals surface area contributed by atoms with Crippen LogP contribution in [0.4, 0.5) is 0 Å². The van der Waals surface area contributed by atoms with Gasteiger partial charge in [-0.1, -0.05) is 0 Å². The molecule has 0 aromatic carbocycles. The van der Waals surface area contributed by atoms with E-state index in [0.29, 0.717) is 52.6 Å². The van der Waals surface area contributed by atoms with Crippen LogP contribution in [0.1, 0.15) is 32.6 Å². The maximum atomic E-state index is 10.7. The van der Waals surface area contributed by atoms with Crippen molar-refractivity contribution in [2.24, 2.45) is 5.73 Å². The van der Waals surface area contributed by atoms with Gasteiger partial charge in [0.25, 0.3) is 0 Å². The minimum Gasteiger partial charge on any atom is -0.379 e.